The highest BCUT2D eigenvalue weighted by Crippen LogP contribution is 2.27. The lowest BCUT2D eigenvalue weighted by Crippen LogP contribution is -2.16. The molecule has 1 heterocycles. The molecule has 0 aliphatic heterocycles. The number of hydrogen-bond donors (Lipinski definition) is 1. The Hall–Kier alpha value is -1.81. The number of esters is 1. The molecule has 1 aromatic carbocycles. The van der Waals surface area contributed by atoms with Crippen LogP contribution in [0.5, 0.6) is 5.75 Å². The van der Waals surface area contributed by atoms with Crippen molar-refractivity contribution in [2.24, 2.45) is 0 Å². The van der Waals surface area contributed by atoms with E-state index in [0.717, 1.165) is 12.4 Å². The third-order valence-corrected chi connectivity index (χ3v) is 2.33. The molecule has 0 radical (unpaired) electrons. The van der Waals surface area contributed by atoms with Gasteiger partial charge in [-0.15, -0.1) is 0 Å². The molecule has 2 rings (SSSR count). The number of benzene rings is 1. The van der Waals surface area contributed by atoms with Crippen LogP contribution in [-0.4, -0.2) is 16.7 Å². The molecule has 1 aromatic heterocycles. The zero-order valence-electron chi connectivity index (χ0n) is 8.41. The smallest absolute Gasteiger partial charge is 0.379 e. The Morgan fingerprint density at radius 1 is 1.38 bits per heavy atom. The molecule has 0 aliphatic rings. The number of carbonyl (C=O) groups is 2. The Morgan fingerprint density at radius 2 is 2.12 bits per heavy atom. The topological polar surface area (TPSA) is 59.2 Å². The average Bonchev–Trinajstić information content (AvgIpc) is 2.60. The second kappa shape index (κ2) is 3.98. The van der Waals surface area contributed by atoms with Crippen LogP contribution in [0.1, 0.15) is 6.92 Å². The van der Waals surface area contributed by atoms with Crippen LogP contribution in [0, 0.1) is 0 Å². The Bertz CT molecular complexity index is 574. The van der Waals surface area contributed by atoms with E-state index in [9.17, 15) is 9.59 Å². The zero-order chi connectivity index (χ0) is 11.7. The first kappa shape index (κ1) is 10.7. The molecule has 4 nitrogen and oxygen atoms in total. The molecule has 0 saturated heterocycles. The van der Waals surface area contributed by atoms with Crippen molar-refractivity contribution in [1.82, 2.24) is 4.98 Å². The van der Waals surface area contributed by atoms with Crippen molar-refractivity contribution in [2.45, 2.75) is 6.92 Å². The number of halogens is 1. The van der Waals surface area contributed by atoms with Crippen LogP contribution < -0.4 is 4.74 Å². The van der Waals surface area contributed by atoms with Gasteiger partial charge in [-0.25, -0.2) is 4.79 Å². The quantitative estimate of drug-likeness (QED) is 0.644. The van der Waals surface area contributed by atoms with Gasteiger partial charge in [-0.2, -0.15) is 0 Å². The van der Waals surface area contributed by atoms with E-state index >= 15 is 0 Å². The van der Waals surface area contributed by atoms with Crippen LogP contribution in [0.3, 0.4) is 0 Å². The molecule has 0 aliphatic carbocycles. The molecule has 2 aromatic rings. The lowest BCUT2D eigenvalue weighted by Gasteiger charge is -1.99. The first-order chi connectivity index (χ1) is 7.58. The van der Waals surface area contributed by atoms with Crippen molar-refractivity contribution in [1.29, 1.82) is 0 Å². The number of nitrogens with one attached hydrogen (secondary N) is 1. The molecule has 5 heteroatoms. The second-order valence-electron chi connectivity index (χ2n) is 3.29. The molecule has 16 heavy (non-hydrogen) atoms. The fraction of sp³-hybridized carbons (Fsp3) is 0.0909. The molecule has 82 valence electrons. The van der Waals surface area contributed by atoms with Gasteiger partial charge in [0.1, 0.15) is 0 Å². The molecule has 0 unspecified atom stereocenters. The third-order valence-electron chi connectivity index (χ3n) is 2.10. The molecule has 0 saturated carbocycles. The van der Waals surface area contributed by atoms with E-state index in [1.807, 2.05) is 0 Å². The van der Waals surface area contributed by atoms with Crippen molar-refractivity contribution in [3.05, 3.63) is 29.4 Å². The third kappa shape index (κ3) is 1.92. The molecular weight excluding hydrogens is 230 g/mol. The van der Waals surface area contributed by atoms with Crippen LogP contribution in [0.2, 0.25) is 5.02 Å². The van der Waals surface area contributed by atoms with E-state index in [0.29, 0.717) is 16.2 Å². The number of aromatic amines is 1. The summed E-state index contributed by atoms with van der Waals surface area (Å²) < 4.78 is 4.91. The second-order valence-corrected chi connectivity index (χ2v) is 3.72. The summed E-state index contributed by atoms with van der Waals surface area (Å²) in [5.74, 6) is -1.19. The predicted molar refractivity (Wildman–Crippen MR) is 59.6 cm³/mol. The summed E-state index contributed by atoms with van der Waals surface area (Å²) in [6, 6.07) is 5.11. The molecule has 0 bridgehead atoms. The summed E-state index contributed by atoms with van der Waals surface area (Å²) in [6.45, 7) is 1.16. The molecule has 0 spiro atoms. The van der Waals surface area contributed by atoms with E-state index in [1.165, 1.54) is 6.20 Å². The first-order valence-corrected chi connectivity index (χ1v) is 4.95. The number of ketones is 1. The van der Waals surface area contributed by atoms with Gasteiger partial charge in [-0.1, -0.05) is 11.6 Å². The van der Waals surface area contributed by atoms with Gasteiger partial charge in [0.05, 0.1) is 5.52 Å². The SMILES string of the molecule is CC(=O)C(=O)Oc1c[nH]c2cc(Cl)ccc12. The fourth-order valence-electron chi connectivity index (χ4n) is 1.33. The highest BCUT2D eigenvalue weighted by atomic mass is 35.5. The van der Waals surface area contributed by atoms with Gasteiger partial charge in [0, 0.05) is 23.5 Å². The van der Waals surface area contributed by atoms with Crippen molar-refractivity contribution >= 4 is 34.3 Å². The van der Waals surface area contributed by atoms with Gasteiger partial charge in [-0.05, 0) is 18.2 Å². The Labute approximate surface area is 96.2 Å². The van der Waals surface area contributed by atoms with Crippen LogP contribution in [0.15, 0.2) is 24.4 Å². The maximum absolute atomic E-state index is 11.1. The van der Waals surface area contributed by atoms with Gasteiger partial charge in [0.15, 0.2) is 5.75 Å². The minimum absolute atomic E-state index is 0.326. The van der Waals surface area contributed by atoms with Gasteiger partial charge in [0.2, 0.25) is 5.78 Å². The molecule has 0 amide bonds. The summed E-state index contributed by atoms with van der Waals surface area (Å²) in [6.07, 6.45) is 1.52. The number of Topliss-reactive ketones (excluding diaryl/α,β-unsaturated/α-hetero) is 1. The Morgan fingerprint density at radius 3 is 2.81 bits per heavy atom. The van der Waals surface area contributed by atoms with Crippen molar-refractivity contribution in [3.63, 3.8) is 0 Å². The summed E-state index contributed by atoms with van der Waals surface area (Å²) in [5.41, 5.74) is 0.749. The minimum atomic E-state index is -0.879. The van der Waals surface area contributed by atoms with E-state index in [-0.39, 0.29) is 0 Å². The summed E-state index contributed by atoms with van der Waals surface area (Å²) in [4.78, 5) is 24.8. The van der Waals surface area contributed by atoms with Gasteiger partial charge in [0.25, 0.3) is 0 Å². The number of ether oxygens (including phenoxy) is 1. The lowest BCUT2D eigenvalue weighted by atomic mass is 10.2. The molecule has 1 N–H and O–H groups in total. The van der Waals surface area contributed by atoms with Crippen molar-refractivity contribution in [3.8, 4) is 5.75 Å². The number of aromatic nitrogens is 1. The van der Waals surface area contributed by atoms with E-state index in [1.54, 1.807) is 18.2 Å². The maximum atomic E-state index is 11.1. The molecular formula is C11H8ClNO3. The summed E-state index contributed by atoms with van der Waals surface area (Å²) in [5, 5.41) is 1.29. The highest BCUT2D eigenvalue weighted by Gasteiger charge is 2.13. The maximum Gasteiger partial charge on any atom is 0.379 e. The normalized spacial score (nSPS) is 10.4. The van der Waals surface area contributed by atoms with Crippen LogP contribution >= 0.6 is 11.6 Å². The number of fused-ring (bicyclic) bond motifs is 1. The van der Waals surface area contributed by atoms with Gasteiger partial charge >= 0.3 is 5.97 Å². The van der Waals surface area contributed by atoms with Gasteiger partial charge < -0.3 is 9.72 Å². The fourth-order valence-corrected chi connectivity index (χ4v) is 1.50. The minimum Gasteiger partial charge on any atom is -0.419 e. The lowest BCUT2D eigenvalue weighted by molar-refractivity contribution is -0.145. The highest BCUT2D eigenvalue weighted by molar-refractivity contribution is 6.33. The van der Waals surface area contributed by atoms with Crippen LogP contribution in [0.25, 0.3) is 10.9 Å². The number of H-pyrrole nitrogens is 1. The summed E-state index contributed by atoms with van der Waals surface area (Å²) in [7, 11) is 0. The Kier molecular flexibility index (Phi) is 2.66. The van der Waals surface area contributed by atoms with Crippen molar-refractivity contribution < 1.29 is 14.3 Å². The van der Waals surface area contributed by atoms with Gasteiger partial charge in [-0.3, -0.25) is 4.79 Å². The van der Waals surface area contributed by atoms with E-state index < -0.39 is 11.8 Å². The van der Waals surface area contributed by atoms with Crippen molar-refractivity contribution in [2.75, 3.05) is 0 Å². The predicted octanol–water partition coefficient (Wildman–Crippen LogP) is 2.32. The monoisotopic (exact) mass is 237 g/mol. The Balaban J connectivity index is 2.39. The van der Waals surface area contributed by atoms with E-state index in [2.05, 4.69) is 4.98 Å². The molecule has 0 atom stereocenters. The first-order valence-electron chi connectivity index (χ1n) is 4.57. The molecule has 0 fully saturated rings. The largest absolute Gasteiger partial charge is 0.419 e. The number of hydrogen-bond acceptors (Lipinski definition) is 3. The summed E-state index contributed by atoms with van der Waals surface area (Å²) >= 11 is 5.80. The number of rotatable bonds is 2. The average molecular weight is 238 g/mol. The number of carbonyl (C=O) groups excluding carboxylic acids is 2. The van der Waals surface area contributed by atoms with E-state index in [4.69, 9.17) is 16.3 Å². The van der Waals surface area contributed by atoms with Crippen LogP contribution in [-0.2, 0) is 9.59 Å². The standard InChI is InChI=1S/C11H8ClNO3/c1-6(14)11(15)16-10-5-13-9-4-7(12)2-3-8(9)10/h2-5,13H,1H3. The van der Waals surface area contributed by atoms with Crippen LogP contribution in [0.4, 0.5) is 0 Å². The zero-order valence-corrected chi connectivity index (χ0v) is 9.17.